The number of hydrogen-bond acceptors (Lipinski definition) is 3. The average Bonchev–Trinajstić information content (AvgIpc) is 2.53. The van der Waals surface area contributed by atoms with E-state index in [1.54, 1.807) is 23.8 Å². The Morgan fingerprint density at radius 2 is 1.77 bits per heavy atom. The first-order valence-corrected chi connectivity index (χ1v) is 7.82. The normalized spacial score (nSPS) is 26.3. The van der Waals surface area contributed by atoms with Crippen LogP contribution < -0.4 is 0 Å². The number of hydrogen-bond donors (Lipinski definition) is 0. The van der Waals surface area contributed by atoms with Gasteiger partial charge in [0.05, 0.1) is 0 Å². The minimum atomic E-state index is -0.340. The van der Waals surface area contributed by atoms with Gasteiger partial charge in [-0.2, -0.15) is 0 Å². The van der Waals surface area contributed by atoms with Crippen molar-refractivity contribution in [3.8, 4) is 0 Å². The third-order valence-electron chi connectivity index (χ3n) is 4.85. The number of fused-ring (bicyclic) bond motifs is 1. The molecular formula is C17H23N3O2. The Hall–Kier alpha value is -1.88. The minimum absolute atomic E-state index is 0.0562. The highest BCUT2D eigenvalue weighted by Crippen LogP contribution is 2.22. The van der Waals surface area contributed by atoms with Gasteiger partial charge in [-0.05, 0) is 19.4 Å². The molecule has 0 aliphatic carbocycles. The summed E-state index contributed by atoms with van der Waals surface area (Å²) in [5.74, 6) is 0.128. The maximum atomic E-state index is 12.5. The quantitative estimate of drug-likeness (QED) is 0.814. The summed E-state index contributed by atoms with van der Waals surface area (Å²) in [6.07, 6.45) is 0. The number of amides is 2. The largest absolute Gasteiger partial charge is 0.332 e. The van der Waals surface area contributed by atoms with Gasteiger partial charge in [0.2, 0.25) is 11.8 Å². The fraction of sp³-hybridized carbons (Fsp3) is 0.529. The third-order valence-corrected chi connectivity index (χ3v) is 4.85. The van der Waals surface area contributed by atoms with Gasteiger partial charge >= 0.3 is 0 Å². The molecule has 0 bridgehead atoms. The van der Waals surface area contributed by atoms with Crippen molar-refractivity contribution in [1.82, 2.24) is 14.7 Å². The second kappa shape index (κ2) is 5.72. The average molecular weight is 301 g/mol. The maximum Gasteiger partial charge on any atom is 0.247 e. The molecule has 0 aromatic heterocycles. The van der Waals surface area contributed by atoms with Crippen LogP contribution in [0.15, 0.2) is 24.3 Å². The van der Waals surface area contributed by atoms with Gasteiger partial charge < -0.3 is 9.80 Å². The van der Waals surface area contributed by atoms with Crippen molar-refractivity contribution in [3.05, 3.63) is 35.4 Å². The monoisotopic (exact) mass is 301 g/mol. The van der Waals surface area contributed by atoms with Crippen LogP contribution in [-0.4, -0.2) is 65.3 Å². The van der Waals surface area contributed by atoms with Crippen molar-refractivity contribution >= 4 is 11.8 Å². The second-order valence-corrected chi connectivity index (χ2v) is 6.39. The van der Waals surface area contributed by atoms with E-state index in [9.17, 15) is 9.59 Å². The van der Waals surface area contributed by atoms with Crippen LogP contribution in [0.3, 0.4) is 0 Å². The van der Waals surface area contributed by atoms with Crippen molar-refractivity contribution in [2.24, 2.45) is 0 Å². The van der Waals surface area contributed by atoms with Gasteiger partial charge in [-0.3, -0.25) is 14.5 Å². The van der Waals surface area contributed by atoms with E-state index in [0.717, 1.165) is 13.1 Å². The highest BCUT2D eigenvalue weighted by molar-refractivity contribution is 5.96. The van der Waals surface area contributed by atoms with Gasteiger partial charge in [0.15, 0.2) is 0 Å². The molecule has 2 aliphatic heterocycles. The van der Waals surface area contributed by atoms with E-state index < -0.39 is 0 Å². The molecule has 2 amide bonds. The van der Waals surface area contributed by atoms with Crippen LogP contribution in [0, 0.1) is 6.92 Å². The van der Waals surface area contributed by atoms with Crippen molar-refractivity contribution in [3.63, 3.8) is 0 Å². The summed E-state index contributed by atoms with van der Waals surface area (Å²) in [6.45, 7) is 6.78. The van der Waals surface area contributed by atoms with Crippen LogP contribution in [0.1, 0.15) is 18.1 Å². The minimum Gasteiger partial charge on any atom is -0.332 e. The van der Waals surface area contributed by atoms with Gasteiger partial charge in [0.1, 0.15) is 12.1 Å². The Bertz CT molecular complexity index is 584. The van der Waals surface area contributed by atoms with E-state index in [1.165, 1.54) is 11.1 Å². The van der Waals surface area contributed by atoms with E-state index in [2.05, 4.69) is 36.1 Å². The number of nitrogens with zero attached hydrogens (tertiary/aromatic N) is 3. The number of rotatable bonds is 2. The molecule has 0 unspecified atom stereocenters. The molecule has 2 aliphatic rings. The summed E-state index contributed by atoms with van der Waals surface area (Å²) in [5.41, 5.74) is 2.49. The highest BCUT2D eigenvalue weighted by atomic mass is 16.2. The van der Waals surface area contributed by atoms with Crippen LogP contribution in [-0.2, 0) is 16.1 Å². The highest BCUT2D eigenvalue weighted by Gasteiger charge is 2.44. The molecule has 2 heterocycles. The number of likely N-dealkylation sites (N-methyl/N-ethyl adjacent to an activating group) is 1. The van der Waals surface area contributed by atoms with E-state index >= 15 is 0 Å². The van der Waals surface area contributed by atoms with Gasteiger partial charge in [0.25, 0.3) is 0 Å². The van der Waals surface area contributed by atoms with Crippen molar-refractivity contribution < 1.29 is 9.59 Å². The van der Waals surface area contributed by atoms with Gasteiger partial charge in [-0.15, -0.1) is 0 Å². The molecule has 0 spiro atoms. The molecule has 3 rings (SSSR count). The molecule has 0 N–H and O–H groups in total. The number of carbonyl (C=O) groups is 2. The standard InChI is InChI=1S/C17H23N3O2/c1-12-4-6-14(7-5-12)10-19-8-9-20-15(11-19)17(22)18(3)13(2)16(20)21/h4-7,13,15H,8-11H2,1-3H3/t13-,15+/m0/s1. The summed E-state index contributed by atoms with van der Waals surface area (Å²) < 4.78 is 0. The lowest BCUT2D eigenvalue weighted by atomic mass is 10.0. The zero-order valence-corrected chi connectivity index (χ0v) is 13.5. The lowest BCUT2D eigenvalue weighted by Gasteiger charge is -2.47. The van der Waals surface area contributed by atoms with Crippen LogP contribution in [0.2, 0.25) is 0 Å². The van der Waals surface area contributed by atoms with Crippen molar-refractivity contribution in [2.75, 3.05) is 26.7 Å². The Labute approximate surface area is 131 Å². The fourth-order valence-electron chi connectivity index (χ4n) is 3.24. The molecule has 0 radical (unpaired) electrons. The summed E-state index contributed by atoms with van der Waals surface area (Å²) in [6, 6.07) is 7.81. The molecular weight excluding hydrogens is 278 g/mol. The third kappa shape index (κ3) is 2.61. The molecule has 5 heteroatoms. The molecule has 2 saturated heterocycles. The predicted molar refractivity (Wildman–Crippen MR) is 84.2 cm³/mol. The topological polar surface area (TPSA) is 43.9 Å². The Morgan fingerprint density at radius 1 is 1.09 bits per heavy atom. The van der Waals surface area contributed by atoms with E-state index in [0.29, 0.717) is 13.1 Å². The molecule has 118 valence electrons. The molecule has 2 atom stereocenters. The molecule has 1 aromatic rings. The maximum absolute atomic E-state index is 12.5. The van der Waals surface area contributed by atoms with Crippen molar-refractivity contribution in [2.45, 2.75) is 32.5 Å². The first kappa shape index (κ1) is 15.0. The van der Waals surface area contributed by atoms with Crippen LogP contribution in [0.5, 0.6) is 0 Å². The summed E-state index contributed by atoms with van der Waals surface area (Å²) >= 11 is 0. The van der Waals surface area contributed by atoms with E-state index in [-0.39, 0.29) is 23.9 Å². The molecule has 22 heavy (non-hydrogen) atoms. The van der Waals surface area contributed by atoms with Gasteiger partial charge in [-0.1, -0.05) is 29.8 Å². The Balaban J connectivity index is 1.71. The number of piperazine rings is 2. The second-order valence-electron chi connectivity index (χ2n) is 6.39. The van der Waals surface area contributed by atoms with Crippen LogP contribution in [0.25, 0.3) is 0 Å². The summed E-state index contributed by atoms with van der Waals surface area (Å²) in [7, 11) is 1.72. The number of benzene rings is 1. The fourth-order valence-corrected chi connectivity index (χ4v) is 3.24. The number of aryl methyl sites for hydroxylation is 1. The Kier molecular flexibility index (Phi) is 3.91. The first-order chi connectivity index (χ1) is 10.5. The lowest BCUT2D eigenvalue weighted by molar-refractivity contribution is -0.163. The first-order valence-electron chi connectivity index (χ1n) is 7.82. The smallest absolute Gasteiger partial charge is 0.247 e. The summed E-state index contributed by atoms with van der Waals surface area (Å²) in [4.78, 5) is 30.4. The van der Waals surface area contributed by atoms with Gasteiger partial charge in [-0.25, -0.2) is 0 Å². The molecule has 5 nitrogen and oxygen atoms in total. The zero-order chi connectivity index (χ0) is 15.9. The summed E-state index contributed by atoms with van der Waals surface area (Å²) in [5, 5.41) is 0. The Morgan fingerprint density at radius 3 is 2.45 bits per heavy atom. The SMILES string of the molecule is Cc1ccc(CN2CCN3C(=O)[C@H](C)N(C)C(=O)[C@H]3C2)cc1. The van der Waals surface area contributed by atoms with Crippen LogP contribution >= 0.6 is 0 Å². The molecule has 2 fully saturated rings. The van der Waals surface area contributed by atoms with Gasteiger partial charge in [0, 0.05) is 33.2 Å². The number of carbonyl (C=O) groups excluding carboxylic acids is 2. The predicted octanol–water partition coefficient (Wildman–Crippen LogP) is 0.868. The van der Waals surface area contributed by atoms with Crippen LogP contribution in [0.4, 0.5) is 0 Å². The lowest BCUT2D eigenvalue weighted by Crippen LogP contribution is -2.68. The van der Waals surface area contributed by atoms with E-state index in [1.807, 2.05) is 0 Å². The zero-order valence-electron chi connectivity index (χ0n) is 13.5. The van der Waals surface area contributed by atoms with E-state index in [4.69, 9.17) is 0 Å². The molecule has 1 aromatic carbocycles. The van der Waals surface area contributed by atoms with Crippen molar-refractivity contribution in [1.29, 1.82) is 0 Å². The molecule has 0 saturated carbocycles.